The second-order valence-electron chi connectivity index (χ2n) is 6.39. The van der Waals surface area contributed by atoms with Crippen molar-refractivity contribution in [1.29, 1.82) is 0 Å². The van der Waals surface area contributed by atoms with Gasteiger partial charge in [-0.15, -0.1) is 0 Å². The van der Waals surface area contributed by atoms with Crippen LogP contribution in [0.1, 0.15) is 6.92 Å². The summed E-state index contributed by atoms with van der Waals surface area (Å²) in [5.41, 5.74) is 1.62. The van der Waals surface area contributed by atoms with Crippen LogP contribution in [0.4, 0.5) is 5.69 Å². The van der Waals surface area contributed by atoms with Gasteiger partial charge in [-0.25, -0.2) is 4.98 Å². The molecular weight excluding hydrogens is 390 g/mol. The van der Waals surface area contributed by atoms with Crippen molar-refractivity contribution in [3.63, 3.8) is 0 Å². The number of nitrogens with zero attached hydrogens (tertiary/aromatic N) is 2. The summed E-state index contributed by atoms with van der Waals surface area (Å²) in [7, 11) is 1.63. The van der Waals surface area contributed by atoms with E-state index in [1.54, 1.807) is 31.5 Å². The molecule has 1 unspecified atom stereocenters. The number of methoxy groups -OCH3 is 1. The Kier molecular flexibility index (Phi) is 5.62. The fraction of sp³-hybridized carbons (Fsp3) is 0.238. The number of ether oxygens (including phenoxy) is 3. The molecule has 0 aliphatic carbocycles. The highest BCUT2D eigenvalue weighted by molar-refractivity contribution is 8.00. The normalized spacial score (nSPS) is 13.6. The average molecular weight is 411 g/mol. The number of hydrogen-bond acceptors (Lipinski definition) is 6. The zero-order valence-corrected chi connectivity index (χ0v) is 16.9. The van der Waals surface area contributed by atoms with Gasteiger partial charge in [0.15, 0.2) is 16.7 Å². The summed E-state index contributed by atoms with van der Waals surface area (Å²) in [6.07, 6.45) is 3.59. The van der Waals surface area contributed by atoms with Gasteiger partial charge in [-0.05, 0) is 43.3 Å². The van der Waals surface area contributed by atoms with Crippen LogP contribution in [0.5, 0.6) is 17.2 Å². The minimum atomic E-state index is -0.345. The third-order valence-electron chi connectivity index (χ3n) is 4.42. The first kappa shape index (κ1) is 19.2. The van der Waals surface area contributed by atoms with Gasteiger partial charge in [-0.1, -0.05) is 11.8 Å². The summed E-state index contributed by atoms with van der Waals surface area (Å²) < 4.78 is 18.2. The molecule has 0 fully saturated rings. The Balaban J connectivity index is 1.43. The maximum atomic E-state index is 12.7. The first-order valence-corrected chi connectivity index (χ1v) is 10.1. The molecule has 0 saturated heterocycles. The molecule has 0 saturated carbocycles. The summed E-state index contributed by atoms with van der Waals surface area (Å²) in [5.74, 6) is 2.01. The maximum absolute atomic E-state index is 12.7. The lowest BCUT2D eigenvalue weighted by Crippen LogP contribution is -2.23. The fourth-order valence-electron chi connectivity index (χ4n) is 2.89. The number of hydrogen-bond donors (Lipinski definition) is 1. The van der Waals surface area contributed by atoms with E-state index in [0.717, 1.165) is 16.6 Å². The molecule has 1 aromatic heterocycles. The van der Waals surface area contributed by atoms with Gasteiger partial charge in [0.1, 0.15) is 19.0 Å². The van der Waals surface area contributed by atoms with Crippen LogP contribution >= 0.6 is 11.8 Å². The first-order chi connectivity index (χ1) is 14.1. The molecule has 1 atom stereocenters. The van der Waals surface area contributed by atoms with Crippen molar-refractivity contribution in [2.24, 2.45) is 0 Å². The molecule has 3 aromatic rings. The van der Waals surface area contributed by atoms with Crippen molar-refractivity contribution in [3.05, 3.63) is 54.9 Å². The smallest absolute Gasteiger partial charge is 0.237 e. The van der Waals surface area contributed by atoms with Crippen LogP contribution in [0, 0.1) is 0 Å². The Morgan fingerprint density at radius 1 is 1.17 bits per heavy atom. The SMILES string of the molecule is COc1ccc(-n2ccnc2SC(C)C(=O)Nc2ccc3c(c2)OCCO3)cc1. The summed E-state index contributed by atoms with van der Waals surface area (Å²) >= 11 is 1.39. The maximum Gasteiger partial charge on any atom is 0.237 e. The first-order valence-electron chi connectivity index (χ1n) is 9.19. The summed E-state index contributed by atoms with van der Waals surface area (Å²) in [6.45, 7) is 2.89. The Hall–Kier alpha value is -3.13. The highest BCUT2D eigenvalue weighted by Gasteiger charge is 2.19. The summed E-state index contributed by atoms with van der Waals surface area (Å²) in [5, 5.41) is 3.32. The van der Waals surface area contributed by atoms with Crippen LogP contribution in [-0.4, -0.2) is 41.0 Å². The number of benzene rings is 2. The van der Waals surface area contributed by atoms with Crippen molar-refractivity contribution in [3.8, 4) is 22.9 Å². The predicted octanol–water partition coefficient (Wildman–Crippen LogP) is 3.77. The van der Waals surface area contributed by atoms with E-state index < -0.39 is 0 Å². The third-order valence-corrected chi connectivity index (χ3v) is 5.50. The van der Waals surface area contributed by atoms with Crippen molar-refractivity contribution in [2.75, 3.05) is 25.6 Å². The van der Waals surface area contributed by atoms with Gasteiger partial charge in [-0.2, -0.15) is 0 Å². The number of nitrogens with one attached hydrogen (secondary N) is 1. The molecular formula is C21H21N3O4S. The van der Waals surface area contributed by atoms with Gasteiger partial charge in [-0.3, -0.25) is 9.36 Å². The number of imidazole rings is 1. The van der Waals surface area contributed by atoms with Gasteiger partial charge in [0, 0.05) is 29.8 Å². The monoisotopic (exact) mass is 411 g/mol. The number of rotatable bonds is 6. The van der Waals surface area contributed by atoms with E-state index in [1.165, 1.54) is 11.8 Å². The number of fused-ring (bicyclic) bond motifs is 1. The van der Waals surface area contributed by atoms with Crippen LogP contribution in [0.2, 0.25) is 0 Å². The Morgan fingerprint density at radius 3 is 2.69 bits per heavy atom. The van der Waals surface area contributed by atoms with Gasteiger partial charge in [0.25, 0.3) is 0 Å². The van der Waals surface area contributed by atoms with Crippen molar-refractivity contribution < 1.29 is 19.0 Å². The summed E-state index contributed by atoms with van der Waals surface area (Å²) in [6, 6.07) is 13.1. The molecule has 4 rings (SSSR count). The van der Waals surface area contributed by atoms with Crippen LogP contribution in [-0.2, 0) is 4.79 Å². The number of carbonyl (C=O) groups is 1. The molecule has 0 bridgehead atoms. The summed E-state index contributed by atoms with van der Waals surface area (Å²) in [4.78, 5) is 17.1. The molecule has 7 nitrogen and oxygen atoms in total. The Labute approximate surface area is 173 Å². The molecule has 0 spiro atoms. The number of amides is 1. The van der Waals surface area contributed by atoms with Crippen LogP contribution in [0.25, 0.3) is 5.69 Å². The predicted molar refractivity (Wildman–Crippen MR) is 111 cm³/mol. The van der Waals surface area contributed by atoms with E-state index in [9.17, 15) is 4.79 Å². The molecule has 0 radical (unpaired) electrons. The average Bonchev–Trinajstić information content (AvgIpc) is 3.21. The van der Waals surface area contributed by atoms with Crippen LogP contribution in [0.15, 0.2) is 60.0 Å². The number of aromatic nitrogens is 2. The fourth-order valence-corrected chi connectivity index (χ4v) is 3.78. The van der Waals surface area contributed by atoms with Crippen LogP contribution < -0.4 is 19.5 Å². The quantitative estimate of drug-likeness (QED) is 0.623. The minimum absolute atomic E-state index is 0.115. The van der Waals surface area contributed by atoms with Gasteiger partial charge >= 0.3 is 0 Å². The molecule has 1 amide bonds. The second-order valence-corrected chi connectivity index (χ2v) is 7.69. The van der Waals surface area contributed by atoms with Crippen molar-refractivity contribution >= 4 is 23.4 Å². The number of carbonyl (C=O) groups excluding carboxylic acids is 1. The molecule has 2 aromatic carbocycles. The van der Waals surface area contributed by atoms with Gasteiger partial charge < -0.3 is 19.5 Å². The molecule has 1 N–H and O–H groups in total. The van der Waals surface area contributed by atoms with E-state index >= 15 is 0 Å². The Bertz CT molecular complexity index is 1000. The van der Waals surface area contributed by atoms with Gasteiger partial charge in [0.2, 0.25) is 5.91 Å². The molecule has 1 aliphatic rings. The van der Waals surface area contributed by atoms with Crippen LogP contribution in [0.3, 0.4) is 0 Å². The topological polar surface area (TPSA) is 74.6 Å². The standard InChI is InChI=1S/C21H21N3O4S/c1-14(20(25)23-15-3-8-18-19(13-15)28-12-11-27-18)29-21-22-9-10-24(21)16-4-6-17(26-2)7-5-16/h3-10,13-14H,11-12H2,1-2H3,(H,23,25). The third kappa shape index (κ3) is 4.32. The molecule has 2 heterocycles. The molecule has 8 heteroatoms. The van der Waals surface area contributed by atoms with E-state index in [4.69, 9.17) is 14.2 Å². The highest BCUT2D eigenvalue weighted by atomic mass is 32.2. The van der Waals surface area contributed by atoms with Gasteiger partial charge in [0.05, 0.1) is 12.4 Å². The number of anilines is 1. The lowest BCUT2D eigenvalue weighted by atomic mass is 10.2. The zero-order valence-electron chi connectivity index (χ0n) is 16.1. The van der Waals surface area contributed by atoms with E-state index in [0.29, 0.717) is 30.4 Å². The van der Waals surface area contributed by atoms with E-state index in [2.05, 4.69) is 10.3 Å². The molecule has 29 heavy (non-hydrogen) atoms. The van der Waals surface area contributed by atoms with Crippen molar-refractivity contribution in [1.82, 2.24) is 9.55 Å². The zero-order chi connectivity index (χ0) is 20.2. The van der Waals surface area contributed by atoms with E-state index in [-0.39, 0.29) is 11.2 Å². The minimum Gasteiger partial charge on any atom is -0.497 e. The largest absolute Gasteiger partial charge is 0.497 e. The Morgan fingerprint density at radius 2 is 1.93 bits per heavy atom. The highest BCUT2D eigenvalue weighted by Crippen LogP contribution is 2.33. The second kappa shape index (κ2) is 8.48. The van der Waals surface area contributed by atoms with E-state index in [1.807, 2.05) is 42.0 Å². The lowest BCUT2D eigenvalue weighted by molar-refractivity contribution is -0.115. The molecule has 150 valence electrons. The number of thioether (sulfide) groups is 1. The lowest BCUT2D eigenvalue weighted by Gasteiger charge is -2.19. The molecule has 1 aliphatic heterocycles. The van der Waals surface area contributed by atoms with Crippen molar-refractivity contribution in [2.45, 2.75) is 17.3 Å².